The average molecular weight is 986 g/mol. The van der Waals surface area contributed by atoms with E-state index in [4.69, 9.17) is 33.2 Å². The number of fused-ring (bicyclic) bond motifs is 1. The van der Waals surface area contributed by atoms with Gasteiger partial charge in [0.2, 0.25) is 0 Å². The van der Waals surface area contributed by atoms with Crippen LogP contribution >= 0.6 is 8.53 Å². The van der Waals surface area contributed by atoms with Gasteiger partial charge < -0.3 is 37.9 Å². The van der Waals surface area contributed by atoms with Crippen LogP contribution in [0.3, 0.4) is 0 Å². The van der Waals surface area contributed by atoms with Crippen LogP contribution in [0.5, 0.6) is 11.5 Å². The maximum atomic E-state index is 13.5. The number of nitrogens with one attached hydrogen (secondary N) is 1. The van der Waals surface area contributed by atoms with E-state index in [1.54, 1.807) is 32.7 Å². The summed E-state index contributed by atoms with van der Waals surface area (Å²) in [5, 5.41) is 12.2. The summed E-state index contributed by atoms with van der Waals surface area (Å²) in [6.45, 7) is 17.2. The number of imidazole rings is 1. The number of carbonyl (C=O) groups is 1. The number of amides is 1. The van der Waals surface area contributed by atoms with Crippen LogP contribution in [0.2, 0.25) is 18.1 Å². The fourth-order valence-corrected chi connectivity index (χ4v) is 12.2. The van der Waals surface area contributed by atoms with Crippen molar-refractivity contribution in [1.29, 1.82) is 5.26 Å². The molecule has 2 N–H and O–H groups in total. The quantitative estimate of drug-likeness (QED) is 0.0286. The summed E-state index contributed by atoms with van der Waals surface area (Å²) >= 11 is 0. The molecule has 2 heterocycles. The Morgan fingerprint density at radius 1 is 0.871 bits per heavy atom. The van der Waals surface area contributed by atoms with E-state index in [9.17, 15) is 14.9 Å². The first-order valence-electron chi connectivity index (χ1n) is 24.0. The number of aromatic nitrogens is 4. The first-order valence-corrected chi connectivity index (χ1v) is 28.1. The molecule has 16 heteroatoms. The van der Waals surface area contributed by atoms with Gasteiger partial charge in [-0.15, -0.1) is 0 Å². The summed E-state index contributed by atoms with van der Waals surface area (Å²) in [6.07, 6.45) is 4.11. The molecule has 7 rings (SSSR count). The zero-order chi connectivity index (χ0) is 50.2. The summed E-state index contributed by atoms with van der Waals surface area (Å²) in [7, 11) is -1.25. The van der Waals surface area contributed by atoms with Crippen molar-refractivity contribution in [3.05, 3.63) is 144 Å². The molecule has 5 atom stereocenters. The SMILES string of the molecule is COc1ccc(C(OC[C@H]2C[C@@H](n3cnc4c(NC(=O)c5ccccc5)ncnc43)[C@H](CC(C)(C)[Si](C)(C)O)[C@@H]2OP(OCCC#N)N(C(C)C)C(C)C)(c2ccccc2)c2ccc(OC)cc2)cc1. The van der Waals surface area contributed by atoms with Gasteiger partial charge in [-0.2, -0.15) is 5.26 Å². The molecule has 1 saturated carbocycles. The minimum Gasteiger partial charge on any atom is -0.497 e. The summed E-state index contributed by atoms with van der Waals surface area (Å²) < 4.78 is 37.6. The molecule has 0 saturated heterocycles. The number of nitriles is 1. The van der Waals surface area contributed by atoms with E-state index in [1.165, 1.54) is 6.33 Å². The monoisotopic (exact) mass is 985 g/mol. The van der Waals surface area contributed by atoms with Crippen LogP contribution in [-0.2, 0) is 19.4 Å². The van der Waals surface area contributed by atoms with Crippen molar-refractivity contribution >= 4 is 39.7 Å². The van der Waals surface area contributed by atoms with Crippen LogP contribution < -0.4 is 14.8 Å². The van der Waals surface area contributed by atoms with Crippen molar-refractivity contribution in [2.75, 3.05) is 32.8 Å². The first kappa shape index (κ1) is 52.3. The molecule has 0 bridgehead atoms. The average Bonchev–Trinajstić information content (AvgIpc) is 3.93. The predicted molar refractivity (Wildman–Crippen MR) is 277 cm³/mol. The standard InChI is InChI=1S/C54H68N7O7PSi/c1-37(2)61(38(3)4)69(67-31-17-30-55)68-49-40(34-66-54(41-20-15-12-16-21-41,42-22-26-44(64-7)27-23-42)43-24-28-45(65-8)29-25-43)32-47(46(49)33-53(5,6)70(9,10)63)60-36-58-48-50(56-35-57-51(48)60)59-52(62)39-18-13-11-14-19-39/h11-16,18-29,35-38,40,46-47,49,63H,17,31-34H2,1-10H3,(H,56,57,59,62)/t40-,46+,47-,49-,69?/m1/s1. The second-order valence-electron chi connectivity index (χ2n) is 19.7. The highest BCUT2D eigenvalue weighted by molar-refractivity contribution is 7.44. The number of nitrogens with zero attached hydrogens (tertiary/aromatic N) is 6. The lowest BCUT2D eigenvalue weighted by Gasteiger charge is -2.43. The minimum absolute atomic E-state index is 0.0495. The van der Waals surface area contributed by atoms with Crippen LogP contribution in [0.1, 0.15) is 93.9 Å². The van der Waals surface area contributed by atoms with E-state index in [-0.39, 0.29) is 55.5 Å². The number of hydrogen-bond acceptors (Lipinski definition) is 12. The minimum atomic E-state index is -2.83. The van der Waals surface area contributed by atoms with Gasteiger partial charge in [0.1, 0.15) is 23.4 Å². The second kappa shape index (κ2) is 22.7. The Balaban J connectivity index is 1.41. The molecule has 4 aromatic carbocycles. The van der Waals surface area contributed by atoms with Gasteiger partial charge in [0, 0.05) is 35.5 Å². The number of methoxy groups -OCH3 is 2. The number of ether oxygens (including phenoxy) is 3. The highest BCUT2D eigenvalue weighted by Gasteiger charge is 2.53. The van der Waals surface area contributed by atoms with Crippen LogP contribution in [0.4, 0.5) is 5.82 Å². The van der Waals surface area contributed by atoms with Crippen molar-refractivity contribution in [3.63, 3.8) is 0 Å². The second-order valence-corrected chi connectivity index (χ2v) is 25.6. The Morgan fingerprint density at radius 3 is 1.99 bits per heavy atom. The molecular formula is C54H68N7O7PSi. The number of hydrogen-bond donors (Lipinski definition) is 2. The number of carbonyl (C=O) groups excluding carboxylic acids is 1. The fraction of sp³-hybridized carbons (Fsp3) is 0.426. The van der Waals surface area contributed by atoms with Gasteiger partial charge >= 0.3 is 0 Å². The Kier molecular flexibility index (Phi) is 16.9. The molecule has 2 aromatic heterocycles. The number of benzene rings is 4. The van der Waals surface area contributed by atoms with Crippen LogP contribution in [0.15, 0.2) is 122 Å². The van der Waals surface area contributed by atoms with Gasteiger partial charge in [0.25, 0.3) is 14.4 Å². The molecule has 1 unspecified atom stereocenters. The fourth-order valence-electron chi connectivity index (χ4n) is 9.59. The molecule has 1 fully saturated rings. The summed E-state index contributed by atoms with van der Waals surface area (Å²) in [6, 6.07) is 37.3. The van der Waals surface area contributed by atoms with Gasteiger partial charge in [-0.3, -0.25) is 4.79 Å². The molecule has 0 aliphatic heterocycles. The van der Waals surface area contributed by atoms with Gasteiger partial charge in [0.15, 0.2) is 25.3 Å². The van der Waals surface area contributed by atoms with Crippen molar-refractivity contribution < 1.29 is 32.8 Å². The number of anilines is 1. The lowest BCUT2D eigenvalue weighted by molar-refractivity contribution is -0.0339. The molecular weight excluding hydrogens is 918 g/mol. The van der Waals surface area contributed by atoms with Gasteiger partial charge in [-0.05, 0) is 112 Å². The molecule has 1 amide bonds. The Morgan fingerprint density at radius 2 is 1.44 bits per heavy atom. The summed E-state index contributed by atoms with van der Waals surface area (Å²) in [4.78, 5) is 39.7. The van der Waals surface area contributed by atoms with Crippen LogP contribution in [0.25, 0.3) is 11.2 Å². The van der Waals surface area contributed by atoms with Gasteiger partial charge in [-0.25, -0.2) is 19.6 Å². The Labute approximate surface area is 415 Å². The van der Waals surface area contributed by atoms with E-state index in [2.05, 4.69) is 104 Å². The van der Waals surface area contributed by atoms with Gasteiger partial charge in [0.05, 0.1) is 52.4 Å². The third-order valence-corrected chi connectivity index (χ3v) is 19.5. The van der Waals surface area contributed by atoms with E-state index >= 15 is 0 Å². The molecule has 0 radical (unpaired) electrons. The summed E-state index contributed by atoms with van der Waals surface area (Å²) in [5.74, 6) is 0.924. The largest absolute Gasteiger partial charge is 0.497 e. The predicted octanol–water partition coefficient (Wildman–Crippen LogP) is 11.3. The Hall–Kier alpha value is -5.56. The van der Waals surface area contributed by atoms with E-state index in [0.717, 1.165) is 28.2 Å². The number of rotatable bonds is 22. The highest BCUT2D eigenvalue weighted by Crippen LogP contribution is 2.58. The van der Waals surface area contributed by atoms with E-state index in [1.807, 2.05) is 73.8 Å². The lowest BCUT2D eigenvalue weighted by Crippen LogP contribution is -2.43. The first-order chi connectivity index (χ1) is 33.5. The zero-order valence-corrected chi connectivity index (χ0v) is 44.0. The molecule has 1 aliphatic carbocycles. The third kappa shape index (κ3) is 11.3. The smallest absolute Gasteiger partial charge is 0.259 e. The molecule has 0 spiro atoms. The molecule has 14 nitrogen and oxygen atoms in total. The van der Waals surface area contributed by atoms with Crippen molar-refractivity contribution in [3.8, 4) is 17.6 Å². The molecule has 370 valence electrons. The maximum Gasteiger partial charge on any atom is 0.259 e. The maximum absolute atomic E-state index is 13.5. The molecule has 70 heavy (non-hydrogen) atoms. The lowest BCUT2D eigenvalue weighted by atomic mass is 9.79. The van der Waals surface area contributed by atoms with Crippen molar-refractivity contribution in [2.45, 2.75) is 109 Å². The van der Waals surface area contributed by atoms with Crippen molar-refractivity contribution in [2.24, 2.45) is 11.8 Å². The van der Waals surface area contributed by atoms with Gasteiger partial charge in [-0.1, -0.05) is 86.6 Å². The Bertz CT molecular complexity index is 2620. The van der Waals surface area contributed by atoms with Crippen molar-refractivity contribution in [1.82, 2.24) is 24.2 Å². The topological polar surface area (TPSA) is 166 Å². The molecule has 1 aliphatic rings. The highest BCUT2D eigenvalue weighted by atomic mass is 31.2. The van der Waals surface area contributed by atoms with E-state index < -0.39 is 33.6 Å². The molecule has 6 aromatic rings. The zero-order valence-electron chi connectivity index (χ0n) is 42.1. The summed E-state index contributed by atoms with van der Waals surface area (Å²) in [5.41, 5.74) is 3.11. The third-order valence-electron chi connectivity index (χ3n) is 13.9. The van der Waals surface area contributed by atoms with Crippen LogP contribution in [0, 0.1) is 23.2 Å². The normalized spacial score (nSPS) is 18.1. The van der Waals surface area contributed by atoms with E-state index in [0.29, 0.717) is 35.4 Å². The van der Waals surface area contributed by atoms with Crippen LogP contribution in [-0.4, -0.2) is 88.8 Å².